The molecule has 6 nitrogen and oxygen atoms in total. The van der Waals surface area contributed by atoms with Crippen LogP contribution >= 0.6 is 0 Å². The summed E-state index contributed by atoms with van der Waals surface area (Å²) in [7, 11) is -3.28. The highest BCUT2D eigenvalue weighted by molar-refractivity contribution is 7.88. The number of sulfonamides is 1. The summed E-state index contributed by atoms with van der Waals surface area (Å²) in [6, 6.07) is -0.228. The first kappa shape index (κ1) is 19.5. The van der Waals surface area contributed by atoms with E-state index in [-0.39, 0.29) is 37.5 Å². The number of hydrogen-bond acceptors (Lipinski definition) is 4. The molecule has 2 aliphatic rings. The summed E-state index contributed by atoms with van der Waals surface area (Å²) in [5, 5.41) is 2.87. The van der Waals surface area contributed by atoms with Gasteiger partial charge >= 0.3 is 6.18 Å². The molecular formula is C14H24F3N3O3S. The third kappa shape index (κ3) is 5.89. The number of nitrogens with one attached hydrogen (secondary N) is 1. The molecule has 2 heterocycles. The molecule has 0 aromatic carbocycles. The fourth-order valence-electron chi connectivity index (χ4n) is 3.29. The lowest BCUT2D eigenvalue weighted by molar-refractivity contribution is -0.149. The Balaban J connectivity index is 1.79. The van der Waals surface area contributed by atoms with Crippen LogP contribution in [-0.2, 0) is 14.8 Å². The number of carbonyl (C=O) groups excluding carboxylic acids is 1. The van der Waals surface area contributed by atoms with E-state index in [4.69, 9.17) is 0 Å². The molecule has 0 aromatic heterocycles. The zero-order chi connectivity index (χ0) is 18.0. The van der Waals surface area contributed by atoms with Crippen LogP contribution in [0, 0.1) is 5.92 Å². The van der Waals surface area contributed by atoms with Crippen molar-refractivity contribution in [1.82, 2.24) is 14.5 Å². The van der Waals surface area contributed by atoms with E-state index in [0.717, 1.165) is 6.26 Å². The van der Waals surface area contributed by atoms with Crippen LogP contribution in [0.2, 0.25) is 0 Å². The maximum atomic E-state index is 12.4. The molecule has 1 atom stereocenters. The van der Waals surface area contributed by atoms with Gasteiger partial charge in [-0.3, -0.25) is 9.69 Å². The number of nitrogens with zero attached hydrogens (tertiary/aromatic N) is 2. The van der Waals surface area contributed by atoms with Gasteiger partial charge in [-0.05, 0) is 38.8 Å². The van der Waals surface area contributed by atoms with Crippen LogP contribution in [0.15, 0.2) is 0 Å². The monoisotopic (exact) mass is 371 g/mol. The SMILES string of the molecule is CS(=O)(=O)N1CCCC(NC(=O)C2CCN(CC(F)(F)F)CC2)C1. The smallest absolute Gasteiger partial charge is 0.352 e. The summed E-state index contributed by atoms with van der Waals surface area (Å²) < 4.78 is 61.6. The largest absolute Gasteiger partial charge is 0.401 e. The average molecular weight is 371 g/mol. The van der Waals surface area contributed by atoms with Crippen LogP contribution in [0.3, 0.4) is 0 Å². The van der Waals surface area contributed by atoms with Crippen molar-refractivity contribution in [3.05, 3.63) is 0 Å². The zero-order valence-electron chi connectivity index (χ0n) is 13.7. The molecule has 1 amide bonds. The molecule has 1 unspecified atom stereocenters. The van der Waals surface area contributed by atoms with E-state index in [1.165, 1.54) is 9.21 Å². The van der Waals surface area contributed by atoms with Gasteiger partial charge in [0.25, 0.3) is 0 Å². The summed E-state index contributed by atoms with van der Waals surface area (Å²) in [4.78, 5) is 13.6. The number of halogens is 3. The summed E-state index contributed by atoms with van der Waals surface area (Å²) in [5.41, 5.74) is 0. The van der Waals surface area contributed by atoms with E-state index >= 15 is 0 Å². The van der Waals surface area contributed by atoms with E-state index in [2.05, 4.69) is 5.32 Å². The van der Waals surface area contributed by atoms with Gasteiger partial charge in [0.05, 0.1) is 12.8 Å². The molecule has 2 rings (SSSR count). The molecule has 2 aliphatic heterocycles. The van der Waals surface area contributed by atoms with Gasteiger partial charge in [-0.25, -0.2) is 12.7 Å². The Kier molecular flexibility index (Phi) is 6.14. The average Bonchev–Trinajstić information content (AvgIpc) is 2.45. The maximum Gasteiger partial charge on any atom is 0.401 e. The first-order valence-electron chi connectivity index (χ1n) is 8.09. The Morgan fingerprint density at radius 1 is 1.17 bits per heavy atom. The molecule has 0 aromatic rings. The van der Waals surface area contributed by atoms with Crippen LogP contribution in [0.1, 0.15) is 25.7 Å². The highest BCUT2D eigenvalue weighted by Gasteiger charge is 2.34. The third-order valence-corrected chi connectivity index (χ3v) is 5.83. The van der Waals surface area contributed by atoms with Gasteiger partial charge in [0.2, 0.25) is 15.9 Å². The van der Waals surface area contributed by atoms with E-state index in [1.807, 2.05) is 0 Å². The van der Waals surface area contributed by atoms with Crippen LogP contribution in [0.4, 0.5) is 13.2 Å². The van der Waals surface area contributed by atoms with Crippen molar-refractivity contribution in [1.29, 1.82) is 0 Å². The molecule has 0 spiro atoms. The standard InChI is InChI=1S/C14H24F3N3O3S/c1-24(22,23)20-6-2-3-12(9-20)18-13(21)11-4-7-19(8-5-11)10-14(15,16)17/h11-12H,2-10H2,1H3,(H,18,21). The van der Waals surface area contributed by atoms with Crippen molar-refractivity contribution < 1.29 is 26.4 Å². The van der Waals surface area contributed by atoms with Gasteiger partial charge in [0.15, 0.2) is 0 Å². The molecule has 2 saturated heterocycles. The number of alkyl halides is 3. The highest BCUT2D eigenvalue weighted by atomic mass is 32.2. The molecule has 0 aliphatic carbocycles. The fourth-order valence-corrected chi connectivity index (χ4v) is 4.20. The molecule has 0 radical (unpaired) electrons. The van der Waals surface area contributed by atoms with E-state index in [1.54, 1.807) is 0 Å². The molecule has 0 saturated carbocycles. The highest BCUT2D eigenvalue weighted by Crippen LogP contribution is 2.23. The normalized spacial score (nSPS) is 25.6. The Labute approximate surface area is 140 Å². The molecule has 10 heteroatoms. The summed E-state index contributed by atoms with van der Waals surface area (Å²) >= 11 is 0. The number of likely N-dealkylation sites (tertiary alicyclic amines) is 1. The molecule has 0 bridgehead atoms. The summed E-state index contributed by atoms with van der Waals surface area (Å²) in [6.07, 6.45) is -0.887. The van der Waals surface area contributed by atoms with Crippen molar-refractivity contribution in [2.75, 3.05) is 39.0 Å². The number of hydrogen-bond donors (Lipinski definition) is 1. The Morgan fingerprint density at radius 3 is 2.33 bits per heavy atom. The van der Waals surface area contributed by atoms with Crippen LogP contribution < -0.4 is 5.32 Å². The predicted molar refractivity (Wildman–Crippen MR) is 82.8 cm³/mol. The number of piperidine rings is 2. The van der Waals surface area contributed by atoms with Crippen LogP contribution in [-0.4, -0.2) is 74.7 Å². The summed E-state index contributed by atoms with van der Waals surface area (Å²) in [5.74, 6) is -0.481. The minimum absolute atomic E-state index is 0.179. The fraction of sp³-hybridized carbons (Fsp3) is 0.929. The second kappa shape index (κ2) is 7.57. The Morgan fingerprint density at radius 2 is 1.79 bits per heavy atom. The first-order valence-corrected chi connectivity index (χ1v) is 9.94. The lowest BCUT2D eigenvalue weighted by Crippen LogP contribution is -2.51. The first-order chi connectivity index (χ1) is 11.0. The molecule has 140 valence electrons. The topological polar surface area (TPSA) is 69.7 Å². The van der Waals surface area contributed by atoms with Crippen LogP contribution in [0.25, 0.3) is 0 Å². The lowest BCUT2D eigenvalue weighted by Gasteiger charge is -2.34. The van der Waals surface area contributed by atoms with E-state index in [0.29, 0.717) is 32.2 Å². The number of carbonyl (C=O) groups is 1. The zero-order valence-corrected chi connectivity index (χ0v) is 14.5. The second-order valence-corrected chi connectivity index (χ2v) is 8.62. The van der Waals surface area contributed by atoms with Gasteiger partial charge in [-0.2, -0.15) is 13.2 Å². The Bertz CT molecular complexity index is 545. The van der Waals surface area contributed by atoms with Crippen molar-refractivity contribution >= 4 is 15.9 Å². The van der Waals surface area contributed by atoms with Gasteiger partial charge in [-0.1, -0.05) is 0 Å². The predicted octanol–water partition coefficient (Wildman–Crippen LogP) is 0.801. The van der Waals surface area contributed by atoms with Crippen molar-refractivity contribution in [2.24, 2.45) is 5.92 Å². The van der Waals surface area contributed by atoms with E-state index < -0.39 is 22.7 Å². The maximum absolute atomic E-state index is 12.4. The van der Waals surface area contributed by atoms with Gasteiger partial charge in [0.1, 0.15) is 0 Å². The quantitative estimate of drug-likeness (QED) is 0.794. The third-order valence-electron chi connectivity index (χ3n) is 4.56. The van der Waals surface area contributed by atoms with Gasteiger partial charge < -0.3 is 5.32 Å². The summed E-state index contributed by atoms with van der Waals surface area (Å²) in [6.45, 7) is 0.279. The Hall–Kier alpha value is -0.870. The lowest BCUT2D eigenvalue weighted by atomic mass is 9.95. The minimum atomic E-state index is -4.22. The molecular weight excluding hydrogens is 347 g/mol. The minimum Gasteiger partial charge on any atom is -0.352 e. The second-order valence-electron chi connectivity index (χ2n) is 6.63. The van der Waals surface area contributed by atoms with Gasteiger partial charge in [-0.15, -0.1) is 0 Å². The van der Waals surface area contributed by atoms with Gasteiger partial charge in [0, 0.05) is 25.0 Å². The molecule has 1 N–H and O–H groups in total. The molecule has 24 heavy (non-hydrogen) atoms. The number of rotatable bonds is 4. The number of amides is 1. The van der Waals surface area contributed by atoms with Crippen molar-refractivity contribution in [3.8, 4) is 0 Å². The van der Waals surface area contributed by atoms with Crippen LogP contribution in [0.5, 0.6) is 0 Å². The van der Waals surface area contributed by atoms with Crippen molar-refractivity contribution in [3.63, 3.8) is 0 Å². The van der Waals surface area contributed by atoms with Crippen molar-refractivity contribution in [2.45, 2.75) is 37.9 Å². The molecule has 2 fully saturated rings. The van der Waals surface area contributed by atoms with E-state index in [9.17, 15) is 26.4 Å².